The summed E-state index contributed by atoms with van der Waals surface area (Å²) in [5.74, 6) is 0.693. The Balaban J connectivity index is 1.40. The molecule has 3 aromatic heterocycles. The maximum Gasteiger partial charge on any atom is 0.268 e. The largest absolute Gasteiger partial charge is 0.308 e. The van der Waals surface area contributed by atoms with Crippen LogP contribution >= 0.6 is 11.3 Å². The van der Waals surface area contributed by atoms with E-state index in [0.717, 1.165) is 18.6 Å². The quantitative estimate of drug-likeness (QED) is 0.571. The Morgan fingerprint density at radius 1 is 1.15 bits per heavy atom. The third-order valence-electron chi connectivity index (χ3n) is 4.16. The Hall–Kier alpha value is -2.77. The highest BCUT2D eigenvalue weighted by molar-refractivity contribution is 7.17. The zero-order valence-corrected chi connectivity index (χ0v) is 15.2. The van der Waals surface area contributed by atoms with Crippen LogP contribution < -0.4 is 5.56 Å². The van der Waals surface area contributed by atoms with Gasteiger partial charge in [0.05, 0.1) is 18.6 Å². The molecular weight excluding hydrogens is 346 g/mol. The maximum absolute atomic E-state index is 12.1. The molecule has 0 aliphatic rings. The highest BCUT2D eigenvalue weighted by atomic mass is 32.1. The van der Waals surface area contributed by atoms with Crippen LogP contribution in [0.5, 0.6) is 0 Å². The molecule has 1 aromatic carbocycles. The van der Waals surface area contributed by atoms with Gasteiger partial charge >= 0.3 is 0 Å². The molecule has 0 spiro atoms. The van der Waals surface area contributed by atoms with Gasteiger partial charge in [0.25, 0.3) is 5.56 Å². The minimum absolute atomic E-state index is 0.0589. The minimum Gasteiger partial charge on any atom is -0.308 e. The molecule has 0 unspecified atom stereocenters. The van der Waals surface area contributed by atoms with Gasteiger partial charge in [-0.25, -0.2) is 4.98 Å². The Kier molecular flexibility index (Phi) is 4.64. The van der Waals surface area contributed by atoms with Crippen LogP contribution in [0.2, 0.25) is 0 Å². The number of nitrogens with one attached hydrogen (secondary N) is 1. The summed E-state index contributed by atoms with van der Waals surface area (Å²) < 4.78 is 2.59. The number of thiophene rings is 1. The highest BCUT2D eigenvalue weighted by Gasteiger charge is 2.08. The first-order valence-corrected chi connectivity index (χ1v) is 9.25. The van der Waals surface area contributed by atoms with Crippen molar-refractivity contribution in [2.75, 3.05) is 7.05 Å². The van der Waals surface area contributed by atoms with Gasteiger partial charge in [0.15, 0.2) is 0 Å². The van der Waals surface area contributed by atoms with Crippen LogP contribution in [0, 0.1) is 0 Å². The monoisotopic (exact) mass is 365 g/mol. The van der Waals surface area contributed by atoms with Crippen molar-refractivity contribution >= 4 is 21.6 Å². The number of aromatic nitrogens is 4. The van der Waals surface area contributed by atoms with Crippen molar-refractivity contribution in [2.45, 2.75) is 19.6 Å². The second kappa shape index (κ2) is 7.23. The van der Waals surface area contributed by atoms with Gasteiger partial charge in [-0.3, -0.25) is 14.4 Å². The average molecular weight is 365 g/mol. The molecule has 7 heteroatoms. The molecule has 0 amide bonds. The van der Waals surface area contributed by atoms with E-state index < -0.39 is 0 Å². The van der Waals surface area contributed by atoms with Crippen LogP contribution in [-0.4, -0.2) is 31.7 Å². The van der Waals surface area contributed by atoms with Crippen LogP contribution in [0.15, 0.2) is 59.0 Å². The highest BCUT2D eigenvalue weighted by Crippen LogP contribution is 2.14. The van der Waals surface area contributed by atoms with E-state index >= 15 is 0 Å². The van der Waals surface area contributed by atoms with Crippen molar-refractivity contribution in [1.29, 1.82) is 0 Å². The van der Waals surface area contributed by atoms with Crippen LogP contribution in [0.1, 0.15) is 17.0 Å². The smallest absolute Gasteiger partial charge is 0.268 e. The number of rotatable bonds is 6. The van der Waals surface area contributed by atoms with Gasteiger partial charge in [-0.05, 0) is 35.7 Å². The van der Waals surface area contributed by atoms with Crippen LogP contribution in [0.25, 0.3) is 10.2 Å². The van der Waals surface area contributed by atoms with E-state index in [1.54, 1.807) is 6.20 Å². The number of fused-ring (bicyclic) bond motifs is 1. The summed E-state index contributed by atoms with van der Waals surface area (Å²) >= 11 is 1.42. The molecular formula is C19H19N5OS. The number of hydrogen-bond donors (Lipinski definition) is 1. The first-order valence-electron chi connectivity index (χ1n) is 8.37. The fraction of sp³-hybridized carbons (Fsp3) is 0.211. The lowest BCUT2D eigenvalue weighted by molar-refractivity contribution is 0.310. The molecule has 0 atom stereocenters. The molecule has 26 heavy (non-hydrogen) atoms. The topological polar surface area (TPSA) is 66.8 Å². The van der Waals surface area contributed by atoms with Gasteiger partial charge in [-0.2, -0.15) is 5.10 Å². The average Bonchev–Trinajstić information content (AvgIpc) is 3.28. The molecule has 0 radical (unpaired) electrons. The van der Waals surface area contributed by atoms with Gasteiger partial charge in [0.2, 0.25) is 0 Å². The van der Waals surface area contributed by atoms with Crippen molar-refractivity contribution in [3.8, 4) is 0 Å². The maximum atomic E-state index is 12.1. The number of H-pyrrole nitrogens is 1. The molecule has 6 nitrogen and oxygen atoms in total. The normalized spacial score (nSPS) is 11.5. The zero-order valence-electron chi connectivity index (χ0n) is 14.4. The van der Waals surface area contributed by atoms with E-state index in [9.17, 15) is 4.79 Å². The fourth-order valence-electron chi connectivity index (χ4n) is 2.95. The van der Waals surface area contributed by atoms with Gasteiger partial charge in [-0.1, -0.05) is 24.3 Å². The summed E-state index contributed by atoms with van der Waals surface area (Å²) in [7, 11) is 2.02. The van der Waals surface area contributed by atoms with E-state index in [4.69, 9.17) is 0 Å². The molecule has 3 heterocycles. The Morgan fingerprint density at radius 3 is 2.73 bits per heavy atom. The zero-order chi connectivity index (χ0) is 17.9. The Bertz CT molecular complexity index is 1050. The number of aromatic amines is 1. The summed E-state index contributed by atoms with van der Waals surface area (Å²) in [5.41, 5.74) is 3.14. The molecule has 0 saturated heterocycles. The molecule has 4 rings (SSSR count). The Labute approximate surface area is 154 Å². The lowest BCUT2D eigenvalue weighted by Crippen LogP contribution is -2.21. The number of benzene rings is 1. The van der Waals surface area contributed by atoms with Crippen molar-refractivity contribution in [3.05, 3.63) is 81.5 Å². The van der Waals surface area contributed by atoms with Crippen molar-refractivity contribution in [2.24, 2.45) is 0 Å². The SMILES string of the molecule is CN(Cc1ccc(Cn2cccn2)cc1)Cc1nc2ccsc2c(=O)[nH]1. The molecule has 0 aliphatic heterocycles. The minimum atomic E-state index is -0.0589. The molecule has 0 bridgehead atoms. The van der Waals surface area contributed by atoms with E-state index in [0.29, 0.717) is 17.1 Å². The third kappa shape index (κ3) is 3.74. The summed E-state index contributed by atoms with van der Waals surface area (Å²) in [6, 6.07) is 12.3. The van der Waals surface area contributed by atoms with Crippen LogP contribution in [-0.2, 0) is 19.6 Å². The van der Waals surface area contributed by atoms with E-state index in [1.165, 1.54) is 22.5 Å². The van der Waals surface area contributed by atoms with Gasteiger partial charge in [0.1, 0.15) is 10.5 Å². The Morgan fingerprint density at radius 2 is 1.96 bits per heavy atom. The van der Waals surface area contributed by atoms with Crippen LogP contribution in [0.3, 0.4) is 0 Å². The van der Waals surface area contributed by atoms with E-state index in [1.807, 2.05) is 35.4 Å². The van der Waals surface area contributed by atoms with Crippen molar-refractivity contribution < 1.29 is 0 Å². The molecule has 1 N–H and O–H groups in total. The summed E-state index contributed by atoms with van der Waals surface area (Å²) in [6.07, 6.45) is 3.74. The van der Waals surface area contributed by atoms with Crippen molar-refractivity contribution in [3.63, 3.8) is 0 Å². The standard InChI is InChI=1S/C19H19N5OS/c1-23(13-17-21-16-7-10-26-18(16)19(25)22-17)11-14-3-5-15(6-4-14)12-24-9-2-8-20-24/h2-10H,11-13H2,1H3,(H,21,22,25). The predicted octanol–water partition coefficient (Wildman–Crippen LogP) is 2.86. The first-order chi connectivity index (χ1) is 12.7. The predicted molar refractivity (Wildman–Crippen MR) is 103 cm³/mol. The van der Waals surface area contributed by atoms with Crippen LogP contribution in [0.4, 0.5) is 0 Å². The van der Waals surface area contributed by atoms with Gasteiger partial charge in [0, 0.05) is 18.9 Å². The van der Waals surface area contributed by atoms with E-state index in [-0.39, 0.29) is 5.56 Å². The van der Waals surface area contributed by atoms with E-state index in [2.05, 4.69) is 44.2 Å². The lowest BCUT2D eigenvalue weighted by Gasteiger charge is -2.16. The summed E-state index contributed by atoms with van der Waals surface area (Å²) in [4.78, 5) is 21.6. The molecule has 0 aliphatic carbocycles. The second-order valence-corrected chi connectivity index (χ2v) is 7.26. The summed E-state index contributed by atoms with van der Waals surface area (Å²) in [5, 5.41) is 6.12. The fourth-order valence-corrected chi connectivity index (χ4v) is 3.68. The van der Waals surface area contributed by atoms with Gasteiger partial charge in [-0.15, -0.1) is 11.3 Å². The second-order valence-electron chi connectivity index (χ2n) is 6.34. The van der Waals surface area contributed by atoms with Crippen molar-refractivity contribution in [1.82, 2.24) is 24.6 Å². The lowest BCUT2D eigenvalue weighted by atomic mass is 10.1. The summed E-state index contributed by atoms with van der Waals surface area (Å²) in [6.45, 7) is 2.15. The number of nitrogens with zero attached hydrogens (tertiary/aromatic N) is 4. The molecule has 4 aromatic rings. The first kappa shape index (κ1) is 16.7. The van der Waals surface area contributed by atoms with Gasteiger partial charge < -0.3 is 4.98 Å². The third-order valence-corrected chi connectivity index (χ3v) is 5.07. The molecule has 132 valence electrons. The number of hydrogen-bond acceptors (Lipinski definition) is 5. The molecule has 0 saturated carbocycles. The molecule has 0 fully saturated rings.